The molecule has 0 amide bonds. The highest BCUT2D eigenvalue weighted by molar-refractivity contribution is 6.00. The summed E-state index contributed by atoms with van der Waals surface area (Å²) < 4.78 is 18.5. The molecule has 0 spiro atoms. The Morgan fingerprint density at radius 1 is 0.929 bits per heavy atom. The molecular formula is C32H37FN8O. The lowest BCUT2D eigenvalue weighted by molar-refractivity contribution is 0.0629. The Bertz CT molecular complexity index is 1700. The van der Waals surface area contributed by atoms with Crippen LogP contribution in [0.1, 0.15) is 37.3 Å². The maximum Gasteiger partial charge on any atom is 0.164 e. The molecule has 0 atom stereocenters. The van der Waals surface area contributed by atoms with Gasteiger partial charge < -0.3 is 15.4 Å². The Balaban J connectivity index is 1.13. The zero-order valence-corrected chi connectivity index (χ0v) is 23.7. The highest BCUT2D eigenvalue weighted by Gasteiger charge is 2.31. The summed E-state index contributed by atoms with van der Waals surface area (Å²) in [5, 5.41) is 16.2. The number of aliphatic hydroxyl groups excluding tert-OH is 1. The zero-order chi connectivity index (χ0) is 28.6. The van der Waals surface area contributed by atoms with Gasteiger partial charge in [-0.2, -0.15) is 5.10 Å². The second-order valence-electron chi connectivity index (χ2n) is 11.6. The Morgan fingerprint density at radius 3 is 2.50 bits per heavy atom. The van der Waals surface area contributed by atoms with E-state index in [1.54, 1.807) is 6.07 Å². The smallest absolute Gasteiger partial charge is 0.164 e. The predicted molar refractivity (Wildman–Crippen MR) is 163 cm³/mol. The molecule has 1 aliphatic heterocycles. The maximum atomic E-state index is 14.3. The van der Waals surface area contributed by atoms with E-state index < -0.39 is 0 Å². The summed E-state index contributed by atoms with van der Waals surface area (Å²) in [6, 6.07) is 16.1. The molecule has 1 aliphatic carbocycles. The number of benzene rings is 2. The quantitative estimate of drug-likeness (QED) is 0.302. The van der Waals surface area contributed by atoms with Crippen LogP contribution in [-0.2, 0) is 6.54 Å². The van der Waals surface area contributed by atoms with Crippen molar-refractivity contribution in [3.8, 4) is 11.3 Å². The van der Waals surface area contributed by atoms with Gasteiger partial charge in [-0.15, -0.1) is 0 Å². The van der Waals surface area contributed by atoms with Crippen molar-refractivity contribution in [3.63, 3.8) is 0 Å². The van der Waals surface area contributed by atoms with Crippen LogP contribution >= 0.6 is 0 Å². The molecule has 2 fully saturated rings. The first kappa shape index (κ1) is 27.0. The first-order chi connectivity index (χ1) is 20.6. The SMILES string of the molecule is Nc1ncnc2c1c(-c1ccc3c(ccn3Cc3ccccc3F)c1)nn2[C@H]1CC[C@@H](N2CCN(CCO)CC2)CC1. The molecule has 2 aliphatic rings. The van der Waals surface area contributed by atoms with Gasteiger partial charge >= 0.3 is 0 Å². The number of nitrogen functional groups attached to an aromatic ring is 1. The van der Waals surface area contributed by atoms with Crippen LogP contribution in [0.3, 0.4) is 0 Å². The lowest BCUT2D eigenvalue weighted by Crippen LogP contribution is -2.51. The number of hydrogen-bond acceptors (Lipinski definition) is 7. The molecule has 3 N–H and O–H groups in total. The van der Waals surface area contributed by atoms with Gasteiger partial charge in [-0.3, -0.25) is 9.80 Å². The van der Waals surface area contributed by atoms with E-state index in [4.69, 9.17) is 10.8 Å². The number of nitrogens with zero attached hydrogens (tertiary/aromatic N) is 7. The summed E-state index contributed by atoms with van der Waals surface area (Å²) in [5.41, 5.74) is 10.7. The van der Waals surface area contributed by atoms with Gasteiger partial charge in [0.1, 0.15) is 23.7 Å². The number of aliphatic hydroxyl groups is 1. The van der Waals surface area contributed by atoms with Crippen LogP contribution in [0, 0.1) is 5.82 Å². The molecule has 2 aromatic carbocycles. The first-order valence-corrected chi connectivity index (χ1v) is 15.0. The standard InChI is InChI=1S/C32H37FN8O/c33-27-4-2-1-3-24(27)20-40-12-11-22-19-23(5-10-28(22)40)30-29-31(34)35-21-36-32(29)41(37-30)26-8-6-25(7-9-26)39-15-13-38(14-16-39)17-18-42/h1-5,10-12,19,21,25-26,42H,6-9,13-18,20H2,(H2,34,35,36)/t25-,26+. The topological polar surface area (TPSA) is 101 Å². The summed E-state index contributed by atoms with van der Waals surface area (Å²) in [5.74, 6) is 0.242. The van der Waals surface area contributed by atoms with Crippen molar-refractivity contribution in [3.05, 3.63) is 72.4 Å². The van der Waals surface area contributed by atoms with Crippen molar-refractivity contribution in [2.75, 3.05) is 45.1 Å². The van der Waals surface area contributed by atoms with Gasteiger partial charge in [-0.05, 0) is 49.9 Å². The van der Waals surface area contributed by atoms with E-state index >= 15 is 0 Å². The van der Waals surface area contributed by atoms with E-state index in [0.717, 1.165) is 91.6 Å². The number of piperazine rings is 1. The molecule has 5 aromatic rings. The molecule has 0 bridgehead atoms. The van der Waals surface area contributed by atoms with Gasteiger partial charge in [-0.25, -0.2) is 19.0 Å². The molecule has 42 heavy (non-hydrogen) atoms. The number of anilines is 1. The van der Waals surface area contributed by atoms with Crippen LogP contribution in [0.4, 0.5) is 10.2 Å². The number of aromatic nitrogens is 5. The fourth-order valence-corrected chi connectivity index (χ4v) is 6.91. The van der Waals surface area contributed by atoms with Gasteiger partial charge in [0.2, 0.25) is 0 Å². The molecular weight excluding hydrogens is 531 g/mol. The second kappa shape index (κ2) is 11.4. The van der Waals surface area contributed by atoms with E-state index in [-0.39, 0.29) is 18.5 Å². The molecule has 10 heteroatoms. The largest absolute Gasteiger partial charge is 0.395 e. The molecule has 218 valence electrons. The molecule has 7 rings (SSSR count). The van der Waals surface area contributed by atoms with Crippen molar-refractivity contribution in [2.24, 2.45) is 0 Å². The van der Waals surface area contributed by atoms with E-state index in [0.29, 0.717) is 24.0 Å². The van der Waals surface area contributed by atoms with Gasteiger partial charge in [-0.1, -0.05) is 24.3 Å². The number of halogens is 1. The highest BCUT2D eigenvalue weighted by Crippen LogP contribution is 2.38. The van der Waals surface area contributed by atoms with E-state index in [1.807, 2.05) is 18.3 Å². The average molecular weight is 569 g/mol. The zero-order valence-electron chi connectivity index (χ0n) is 23.7. The molecule has 0 unspecified atom stereocenters. The van der Waals surface area contributed by atoms with Gasteiger partial charge in [0, 0.05) is 67.0 Å². The van der Waals surface area contributed by atoms with Crippen molar-refractivity contribution >= 4 is 27.8 Å². The number of fused-ring (bicyclic) bond motifs is 2. The average Bonchev–Trinajstić information content (AvgIpc) is 3.61. The summed E-state index contributed by atoms with van der Waals surface area (Å²) >= 11 is 0. The van der Waals surface area contributed by atoms with Crippen LogP contribution in [0.5, 0.6) is 0 Å². The van der Waals surface area contributed by atoms with Crippen LogP contribution in [-0.4, -0.2) is 84.6 Å². The fourth-order valence-electron chi connectivity index (χ4n) is 6.91. The summed E-state index contributed by atoms with van der Waals surface area (Å²) in [7, 11) is 0. The van der Waals surface area contributed by atoms with Gasteiger partial charge in [0.15, 0.2) is 5.65 Å². The summed E-state index contributed by atoms with van der Waals surface area (Å²) in [6.07, 6.45) is 7.87. The molecule has 4 heterocycles. The normalized spacial score (nSPS) is 20.5. The first-order valence-electron chi connectivity index (χ1n) is 15.0. The Labute approximate surface area is 244 Å². The van der Waals surface area contributed by atoms with Crippen molar-refractivity contribution in [1.82, 2.24) is 34.1 Å². The highest BCUT2D eigenvalue weighted by atomic mass is 19.1. The minimum Gasteiger partial charge on any atom is -0.395 e. The molecule has 3 aromatic heterocycles. The van der Waals surface area contributed by atoms with Gasteiger partial charge in [0.05, 0.1) is 24.6 Å². The van der Waals surface area contributed by atoms with Gasteiger partial charge in [0.25, 0.3) is 0 Å². The van der Waals surface area contributed by atoms with Crippen LogP contribution in [0.2, 0.25) is 0 Å². The molecule has 0 radical (unpaired) electrons. The predicted octanol–water partition coefficient (Wildman–Crippen LogP) is 4.31. The lowest BCUT2D eigenvalue weighted by Gasteiger charge is -2.41. The lowest BCUT2D eigenvalue weighted by atomic mass is 9.90. The maximum absolute atomic E-state index is 14.3. The number of nitrogens with two attached hydrogens (primary N) is 1. The molecule has 1 saturated heterocycles. The second-order valence-corrected chi connectivity index (χ2v) is 11.6. The number of rotatable bonds is 7. The monoisotopic (exact) mass is 568 g/mol. The minimum atomic E-state index is -0.196. The Kier molecular flexibility index (Phi) is 7.35. The number of hydrogen-bond donors (Lipinski definition) is 2. The van der Waals surface area contributed by atoms with E-state index in [2.05, 4.69) is 53.3 Å². The van der Waals surface area contributed by atoms with Crippen molar-refractivity contribution in [1.29, 1.82) is 0 Å². The van der Waals surface area contributed by atoms with Crippen LogP contribution in [0.25, 0.3) is 33.2 Å². The van der Waals surface area contributed by atoms with Crippen LogP contribution in [0.15, 0.2) is 61.1 Å². The van der Waals surface area contributed by atoms with Crippen molar-refractivity contribution in [2.45, 2.75) is 44.3 Å². The Morgan fingerprint density at radius 2 is 1.71 bits per heavy atom. The third kappa shape index (κ3) is 5.04. The third-order valence-electron chi connectivity index (χ3n) is 9.21. The molecule has 1 saturated carbocycles. The third-order valence-corrected chi connectivity index (χ3v) is 9.21. The van der Waals surface area contributed by atoms with E-state index in [9.17, 15) is 9.50 Å². The minimum absolute atomic E-state index is 0.196. The van der Waals surface area contributed by atoms with Crippen LogP contribution < -0.4 is 5.73 Å². The number of β-amino-alcohol motifs (C(OH)–C–C–N with tert-alkyl or cyclic N) is 1. The Hall–Kier alpha value is -3.86. The van der Waals surface area contributed by atoms with Crippen molar-refractivity contribution < 1.29 is 9.50 Å². The molecule has 9 nitrogen and oxygen atoms in total. The summed E-state index contributed by atoms with van der Waals surface area (Å²) in [6.45, 7) is 5.66. The summed E-state index contributed by atoms with van der Waals surface area (Å²) in [4.78, 5) is 13.9. The fraction of sp³-hybridized carbons (Fsp3) is 0.406. The van der Waals surface area contributed by atoms with E-state index in [1.165, 1.54) is 12.4 Å².